The molecular formula is C11H11F3N4O2S. The zero-order valence-corrected chi connectivity index (χ0v) is 11.9. The van der Waals surface area contributed by atoms with Crippen molar-refractivity contribution in [2.24, 2.45) is 0 Å². The van der Waals surface area contributed by atoms with E-state index in [0.29, 0.717) is 0 Å². The summed E-state index contributed by atoms with van der Waals surface area (Å²) in [4.78, 5) is 18.3. The molecule has 0 spiro atoms. The summed E-state index contributed by atoms with van der Waals surface area (Å²) in [6.45, 7) is 1.71. The van der Waals surface area contributed by atoms with E-state index in [9.17, 15) is 18.0 Å². The van der Waals surface area contributed by atoms with Gasteiger partial charge >= 0.3 is 12.1 Å². The second-order valence-electron chi connectivity index (χ2n) is 4.16. The number of rotatable bonds is 4. The molecule has 0 fully saturated rings. The molecule has 0 saturated carbocycles. The average molecular weight is 320 g/mol. The van der Waals surface area contributed by atoms with E-state index < -0.39 is 17.8 Å². The van der Waals surface area contributed by atoms with Crippen molar-refractivity contribution in [2.75, 3.05) is 7.11 Å². The largest absolute Gasteiger partial charge is 0.469 e. The molecule has 1 unspecified atom stereocenters. The van der Waals surface area contributed by atoms with Crippen molar-refractivity contribution in [3.8, 4) is 0 Å². The summed E-state index contributed by atoms with van der Waals surface area (Å²) in [5.41, 5.74) is -1.05. The third kappa shape index (κ3) is 3.63. The maximum atomic E-state index is 12.8. The lowest BCUT2D eigenvalue weighted by molar-refractivity contribution is -0.141. The minimum atomic E-state index is -4.57. The number of halogens is 3. The number of methoxy groups -OCH3 is 1. The summed E-state index contributed by atoms with van der Waals surface area (Å²) in [7, 11) is 1.25. The molecule has 21 heavy (non-hydrogen) atoms. The zero-order chi connectivity index (χ0) is 15.6. The first-order valence-electron chi connectivity index (χ1n) is 5.82. The van der Waals surface area contributed by atoms with Gasteiger partial charge in [-0.3, -0.25) is 4.79 Å². The van der Waals surface area contributed by atoms with Gasteiger partial charge in [0.25, 0.3) is 5.78 Å². The number of hydrogen-bond donors (Lipinski definition) is 0. The molecule has 0 aliphatic rings. The van der Waals surface area contributed by atoms with Crippen LogP contribution >= 0.6 is 11.8 Å². The second-order valence-corrected chi connectivity index (χ2v) is 5.62. The van der Waals surface area contributed by atoms with Gasteiger partial charge in [0.2, 0.25) is 0 Å². The molecule has 6 nitrogen and oxygen atoms in total. The summed E-state index contributed by atoms with van der Waals surface area (Å²) >= 11 is 1.07. The molecule has 2 heterocycles. The quantitative estimate of drug-likeness (QED) is 0.489. The molecular weight excluding hydrogens is 309 g/mol. The standard InChI is InChI=1S/C11H11F3N4O2S/c1-6(3-9(19)20-2)21-8-4-7(11(12,13)14)17-10-15-5-16-18(8)10/h4-6H,3H2,1-2H3. The number of ether oxygens (including phenoxy) is 1. The molecule has 114 valence electrons. The first-order valence-corrected chi connectivity index (χ1v) is 6.70. The van der Waals surface area contributed by atoms with Gasteiger partial charge < -0.3 is 4.74 Å². The molecule has 0 saturated heterocycles. The Morgan fingerprint density at radius 3 is 2.86 bits per heavy atom. The number of carbonyl (C=O) groups excluding carboxylic acids is 1. The van der Waals surface area contributed by atoms with Gasteiger partial charge in [0.15, 0.2) is 5.69 Å². The summed E-state index contributed by atoms with van der Waals surface area (Å²) in [6.07, 6.45) is -3.38. The minimum Gasteiger partial charge on any atom is -0.469 e. The van der Waals surface area contributed by atoms with Crippen LogP contribution in [0.5, 0.6) is 0 Å². The van der Waals surface area contributed by atoms with Gasteiger partial charge in [-0.15, -0.1) is 11.8 Å². The highest BCUT2D eigenvalue weighted by Gasteiger charge is 2.34. The molecule has 10 heteroatoms. The number of thioether (sulfide) groups is 1. The van der Waals surface area contributed by atoms with Crippen molar-refractivity contribution < 1.29 is 22.7 Å². The van der Waals surface area contributed by atoms with E-state index in [0.717, 1.165) is 24.2 Å². The SMILES string of the molecule is COC(=O)CC(C)Sc1cc(C(F)(F)F)nc2ncnn12. The summed E-state index contributed by atoms with van der Waals surface area (Å²) in [5.74, 6) is -0.576. The van der Waals surface area contributed by atoms with Crippen LogP contribution in [0.1, 0.15) is 19.0 Å². The highest BCUT2D eigenvalue weighted by molar-refractivity contribution is 7.99. The normalized spacial score (nSPS) is 13.4. The number of hydrogen-bond acceptors (Lipinski definition) is 6. The van der Waals surface area contributed by atoms with Crippen LogP contribution in [0.25, 0.3) is 5.78 Å². The fraction of sp³-hybridized carbons (Fsp3) is 0.455. The third-order valence-electron chi connectivity index (χ3n) is 2.51. The van der Waals surface area contributed by atoms with Crippen molar-refractivity contribution in [1.29, 1.82) is 0 Å². The Labute approximate surface area is 121 Å². The molecule has 0 N–H and O–H groups in total. The van der Waals surface area contributed by atoms with Crippen LogP contribution in [0, 0.1) is 0 Å². The maximum absolute atomic E-state index is 12.8. The molecule has 0 bridgehead atoms. The van der Waals surface area contributed by atoms with E-state index in [1.54, 1.807) is 6.92 Å². The summed E-state index contributed by atoms with van der Waals surface area (Å²) in [6, 6.07) is 0.889. The van der Waals surface area contributed by atoms with E-state index in [-0.39, 0.29) is 22.5 Å². The first-order chi connectivity index (χ1) is 9.81. The first kappa shape index (κ1) is 15.5. The van der Waals surface area contributed by atoms with Crippen LogP contribution in [0.4, 0.5) is 13.2 Å². The minimum absolute atomic E-state index is 0.0705. The average Bonchev–Trinajstić information content (AvgIpc) is 2.85. The Balaban J connectivity index is 2.33. The van der Waals surface area contributed by atoms with Crippen LogP contribution in [-0.2, 0) is 15.7 Å². The molecule has 0 aromatic carbocycles. The number of aromatic nitrogens is 4. The Morgan fingerprint density at radius 1 is 1.52 bits per heavy atom. The van der Waals surface area contributed by atoms with E-state index in [1.807, 2.05) is 0 Å². The van der Waals surface area contributed by atoms with E-state index in [4.69, 9.17) is 0 Å². The topological polar surface area (TPSA) is 69.4 Å². The Hall–Kier alpha value is -1.84. The van der Waals surface area contributed by atoms with Crippen LogP contribution in [0.15, 0.2) is 17.4 Å². The molecule has 0 amide bonds. The number of alkyl halides is 3. The predicted molar refractivity (Wildman–Crippen MR) is 67.7 cm³/mol. The van der Waals surface area contributed by atoms with Crippen molar-refractivity contribution in [3.05, 3.63) is 18.1 Å². The lowest BCUT2D eigenvalue weighted by atomic mass is 10.3. The zero-order valence-electron chi connectivity index (χ0n) is 11.1. The predicted octanol–water partition coefficient (Wildman–Crippen LogP) is 2.19. The molecule has 2 rings (SSSR count). The van der Waals surface area contributed by atoms with Crippen molar-refractivity contribution in [1.82, 2.24) is 19.6 Å². The van der Waals surface area contributed by atoms with Crippen LogP contribution in [0.3, 0.4) is 0 Å². The van der Waals surface area contributed by atoms with Gasteiger partial charge in [-0.2, -0.15) is 27.8 Å². The molecule has 0 aliphatic heterocycles. The van der Waals surface area contributed by atoms with Gasteiger partial charge in [-0.05, 0) is 0 Å². The highest BCUT2D eigenvalue weighted by atomic mass is 32.2. The molecule has 1 atom stereocenters. The number of fused-ring (bicyclic) bond motifs is 1. The second kappa shape index (κ2) is 5.88. The number of esters is 1. The van der Waals surface area contributed by atoms with Crippen molar-refractivity contribution in [3.63, 3.8) is 0 Å². The molecule has 2 aromatic rings. The monoisotopic (exact) mass is 320 g/mol. The van der Waals surface area contributed by atoms with Gasteiger partial charge in [-0.25, -0.2) is 4.98 Å². The lowest BCUT2D eigenvalue weighted by Crippen LogP contribution is -2.13. The fourth-order valence-corrected chi connectivity index (χ4v) is 2.62. The number of nitrogens with zero attached hydrogens (tertiary/aromatic N) is 4. The lowest BCUT2D eigenvalue weighted by Gasteiger charge is -2.12. The Morgan fingerprint density at radius 2 is 2.24 bits per heavy atom. The molecule has 0 aliphatic carbocycles. The van der Waals surface area contributed by atoms with Crippen LogP contribution < -0.4 is 0 Å². The summed E-state index contributed by atoms with van der Waals surface area (Å²) in [5, 5.41) is 3.76. The van der Waals surface area contributed by atoms with E-state index in [1.165, 1.54) is 11.6 Å². The number of carbonyl (C=O) groups is 1. The van der Waals surface area contributed by atoms with Crippen molar-refractivity contribution in [2.45, 2.75) is 29.8 Å². The van der Waals surface area contributed by atoms with Crippen LogP contribution in [0.2, 0.25) is 0 Å². The van der Waals surface area contributed by atoms with Gasteiger partial charge in [-0.1, -0.05) is 6.92 Å². The maximum Gasteiger partial charge on any atom is 0.433 e. The summed E-state index contributed by atoms with van der Waals surface area (Å²) < 4.78 is 44.1. The van der Waals surface area contributed by atoms with Crippen LogP contribution in [-0.4, -0.2) is 37.9 Å². The Kier molecular flexibility index (Phi) is 4.35. The third-order valence-corrected chi connectivity index (χ3v) is 3.61. The smallest absolute Gasteiger partial charge is 0.433 e. The molecule has 0 radical (unpaired) electrons. The fourth-order valence-electron chi connectivity index (χ4n) is 1.58. The van der Waals surface area contributed by atoms with Gasteiger partial charge in [0.1, 0.15) is 11.4 Å². The van der Waals surface area contributed by atoms with Gasteiger partial charge in [0.05, 0.1) is 13.5 Å². The van der Waals surface area contributed by atoms with Crippen molar-refractivity contribution >= 4 is 23.5 Å². The Bertz CT molecular complexity index is 658. The van der Waals surface area contributed by atoms with E-state index >= 15 is 0 Å². The highest BCUT2D eigenvalue weighted by Crippen LogP contribution is 2.32. The molecule has 2 aromatic heterocycles. The van der Waals surface area contributed by atoms with Gasteiger partial charge in [0, 0.05) is 11.3 Å². The van der Waals surface area contributed by atoms with E-state index in [2.05, 4.69) is 19.8 Å².